The van der Waals surface area contributed by atoms with Gasteiger partial charge in [0.25, 0.3) is 0 Å². The molecule has 1 fully saturated rings. The highest BCUT2D eigenvalue weighted by Crippen LogP contribution is 2.31. The van der Waals surface area contributed by atoms with Crippen molar-refractivity contribution in [3.05, 3.63) is 35.4 Å². The number of aliphatic hydroxyl groups excluding tert-OH is 1. The van der Waals surface area contributed by atoms with Gasteiger partial charge in [-0.1, -0.05) is 31.0 Å². The number of aliphatic hydroxyl groups is 1. The normalized spacial score (nSPS) is 18.7. The number of hydrogen-bond acceptors (Lipinski definition) is 2. The molecule has 2 rings (SSSR count). The van der Waals surface area contributed by atoms with Gasteiger partial charge in [-0.3, -0.25) is 0 Å². The van der Waals surface area contributed by atoms with Crippen LogP contribution in [0.3, 0.4) is 0 Å². The Morgan fingerprint density at radius 2 is 1.89 bits per heavy atom. The van der Waals surface area contributed by atoms with E-state index < -0.39 is 11.7 Å². The summed E-state index contributed by atoms with van der Waals surface area (Å²) in [5, 5.41) is 12.7. The van der Waals surface area contributed by atoms with Crippen molar-refractivity contribution in [2.24, 2.45) is 0 Å². The van der Waals surface area contributed by atoms with E-state index >= 15 is 0 Å². The van der Waals surface area contributed by atoms with E-state index in [0.717, 1.165) is 37.8 Å². The van der Waals surface area contributed by atoms with Crippen LogP contribution in [0.1, 0.15) is 36.8 Å². The van der Waals surface area contributed by atoms with Crippen LogP contribution in [0.2, 0.25) is 0 Å². The van der Waals surface area contributed by atoms with Crippen LogP contribution in [-0.4, -0.2) is 17.3 Å². The molecule has 0 radical (unpaired) electrons. The molecule has 2 nitrogen and oxygen atoms in total. The monoisotopic (exact) mass is 273 g/mol. The van der Waals surface area contributed by atoms with Crippen LogP contribution in [0.4, 0.5) is 13.2 Å². The lowest BCUT2D eigenvalue weighted by molar-refractivity contribution is -0.137. The zero-order chi connectivity index (χ0) is 13.9. The molecule has 1 aromatic carbocycles. The van der Waals surface area contributed by atoms with E-state index in [1.165, 1.54) is 6.07 Å². The summed E-state index contributed by atoms with van der Waals surface area (Å²) in [5.74, 6) is 0. The van der Waals surface area contributed by atoms with E-state index in [0.29, 0.717) is 12.1 Å². The molecule has 1 saturated carbocycles. The Labute approximate surface area is 110 Å². The average Bonchev–Trinajstić information content (AvgIpc) is 2.85. The molecule has 1 aromatic rings. The Morgan fingerprint density at radius 1 is 1.21 bits per heavy atom. The fraction of sp³-hybridized carbons (Fsp3) is 0.571. The fourth-order valence-corrected chi connectivity index (χ4v) is 2.59. The molecule has 0 bridgehead atoms. The van der Waals surface area contributed by atoms with E-state index in [-0.39, 0.29) is 12.1 Å². The third-order valence-corrected chi connectivity index (χ3v) is 3.79. The maximum atomic E-state index is 12.6. The lowest BCUT2D eigenvalue weighted by Gasteiger charge is -2.28. The summed E-state index contributed by atoms with van der Waals surface area (Å²) in [4.78, 5) is 0. The van der Waals surface area contributed by atoms with Gasteiger partial charge in [-0.15, -0.1) is 0 Å². The van der Waals surface area contributed by atoms with Crippen LogP contribution in [0.15, 0.2) is 24.3 Å². The molecule has 0 aromatic heterocycles. The van der Waals surface area contributed by atoms with Gasteiger partial charge < -0.3 is 10.4 Å². The molecule has 0 atom stereocenters. The van der Waals surface area contributed by atoms with Gasteiger partial charge in [-0.25, -0.2) is 0 Å². The zero-order valence-electron chi connectivity index (χ0n) is 10.6. The van der Waals surface area contributed by atoms with Crippen molar-refractivity contribution in [3.63, 3.8) is 0 Å². The highest BCUT2D eigenvalue weighted by molar-refractivity contribution is 5.25. The summed E-state index contributed by atoms with van der Waals surface area (Å²) in [6.07, 6.45) is -0.449. The minimum atomic E-state index is -4.31. The Bertz CT molecular complexity index is 425. The predicted octanol–water partition coefficient (Wildman–Crippen LogP) is 3.10. The second-order valence-corrected chi connectivity index (χ2v) is 5.20. The maximum absolute atomic E-state index is 12.6. The van der Waals surface area contributed by atoms with E-state index in [9.17, 15) is 18.3 Å². The van der Waals surface area contributed by atoms with Gasteiger partial charge in [0.15, 0.2) is 0 Å². The van der Waals surface area contributed by atoms with E-state index in [1.807, 2.05) is 0 Å². The summed E-state index contributed by atoms with van der Waals surface area (Å²) in [5.41, 5.74) is -0.348. The quantitative estimate of drug-likeness (QED) is 0.883. The standard InChI is InChI=1S/C14H18F3NO/c15-14(16,17)12-5-3-4-11(8-12)9-18-13(10-19)6-1-2-7-13/h3-5,8,18-19H,1-2,6-7,9-10H2. The van der Waals surface area contributed by atoms with Crippen LogP contribution in [-0.2, 0) is 12.7 Å². The fourth-order valence-electron chi connectivity index (χ4n) is 2.59. The third-order valence-electron chi connectivity index (χ3n) is 3.79. The van der Waals surface area contributed by atoms with Crippen LogP contribution in [0.25, 0.3) is 0 Å². The number of nitrogens with one attached hydrogen (secondary N) is 1. The van der Waals surface area contributed by atoms with Crippen LogP contribution < -0.4 is 5.32 Å². The van der Waals surface area contributed by atoms with Crippen molar-refractivity contribution in [1.82, 2.24) is 5.32 Å². The minimum absolute atomic E-state index is 0.0337. The lowest BCUT2D eigenvalue weighted by atomic mass is 9.98. The zero-order valence-corrected chi connectivity index (χ0v) is 10.6. The Balaban J connectivity index is 2.03. The van der Waals surface area contributed by atoms with Crippen molar-refractivity contribution in [1.29, 1.82) is 0 Å². The molecule has 0 spiro atoms. The summed E-state index contributed by atoms with van der Waals surface area (Å²) in [6, 6.07) is 5.32. The summed E-state index contributed by atoms with van der Waals surface area (Å²) in [7, 11) is 0. The molecule has 0 unspecified atom stereocenters. The first-order valence-corrected chi connectivity index (χ1v) is 6.47. The molecule has 1 aliphatic rings. The van der Waals surface area contributed by atoms with Crippen LogP contribution >= 0.6 is 0 Å². The van der Waals surface area contributed by atoms with Crippen LogP contribution in [0.5, 0.6) is 0 Å². The van der Waals surface area contributed by atoms with E-state index in [1.54, 1.807) is 6.07 Å². The minimum Gasteiger partial charge on any atom is -0.394 e. The summed E-state index contributed by atoms with van der Waals surface area (Å²) < 4.78 is 37.8. The lowest BCUT2D eigenvalue weighted by Crippen LogP contribution is -2.45. The molecule has 19 heavy (non-hydrogen) atoms. The number of hydrogen-bond donors (Lipinski definition) is 2. The van der Waals surface area contributed by atoms with Crippen molar-refractivity contribution < 1.29 is 18.3 Å². The van der Waals surface area contributed by atoms with Crippen LogP contribution in [0, 0.1) is 0 Å². The highest BCUT2D eigenvalue weighted by atomic mass is 19.4. The largest absolute Gasteiger partial charge is 0.416 e. The van der Waals surface area contributed by atoms with E-state index in [2.05, 4.69) is 5.32 Å². The molecule has 0 heterocycles. The molecule has 0 saturated heterocycles. The average molecular weight is 273 g/mol. The molecular formula is C14H18F3NO. The smallest absolute Gasteiger partial charge is 0.394 e. The third kappa shape index (κ3) is 3.48. The molecule has 1 aliphatic carbocycles. The van der Waals surface area contributed by atoms with Gasteiger partial charge in [0, 0.05) is 12.1 Å². The molecule has 106 valence electrons. The van der Waals surface area contributed by atoms with Gasteiger partial charge in [-0.05, 0) is 24.5 Å². The van der Waals surface area contributed by atoms with Crippen molar-refractivity contribution in [3.8, 4) is 0 Å². The van der Waals surface area contributed by atoms with E-state index in [4.69, 9.17) is 0 Å². The summed E-state index contributed by atoms with van der Waals surface area (Å²) in [6.45, 7) is 0.385. The maximum Gasteiger partial charge on any atom is 0.416 e. The first-order chi connectivity index (χ1) is 8.95. The van der Waals surface area contributed by atoms with Gasteiger partial charge in [0.2, 0.25) is 0 Å². The Kier molecular flexibility index (Phi) is 4.16. The highest BCUT2D eigenvalue weighted by Gasteiger charge is 2.33. The Morgan fingerprint density at radius 3 is 2.47 bits per heavy atom. The van der Waals surface area contributed by atoms with Crippen molar-refractivity contribution in [2.45, 2.75) is 43.9 Å². The Hall–Kier alpha value is -1.07. The second-order valence-electron chi connectivity index (χ2n) is 5.20. The molecule has 0 aliphatic heterocycles. The summed E-state index contributed by atoms with van der Waals surface area (Å²) >= 11 is 0. The molecular weight excluding hydrogens is 255 g/mol. The SMILES string of the molecule is OCC1(NCc2cccc(C(F)(F)F)c2)CCCC1. The predicted molar refractivity (Wildman–Crippen MR) is 66.6 cm³/mol. The van der Waals surface area contributed by atoms with Crippen molar-refractivity contribution in [2.75, 3.05) is 6.61 Å². The van der Waals surface area contributed by atoms with Crippen molar-refractivity contribution >= 4 is 0 Å². The topological polar surface area (TPSA) is 32.3 Å². The molecule has 5 heteroatoms. The number of halogens is 3. The van der Waals surface area contributed by atoms with Gasteiger partial charge in [-0.2, -0.15) is 13.2 Å². The first-order valence-electron chi connectivity index (χ1n) is 6.47. The van der Waals surface area contributed by atoms with Gasteiger partial charge >= 0.3 is 6.18 Å². The number of benzene rings is 1. The van der Waals surface area contributed by atoms with Gasteiger partial charge in [0.05, 0.1) is 12.2 Å². The second kappa shape index (κ2) is 5.51. The number of rotatable bonds is 4. The molecule has 2 N–H and O–H groups in total. The van der Waals surface area contributed by atoms with Gasteiger partial charge in [0.1, 0.15) is 0 Å². The molecule has 0 amide bonds. The first kappa shape index (κ1) is 14.3. The number of alkyl halides is 3.